The summed E-state index contributed by atoms with van der Waals surface area (Å²) >= 11 is 0. The van der Waals surface area contributed by atoms with Gasteiger partial charge in [0.25, 0.3) is 0 Å². The van der Waals surface area contributed by atoms with E-state index in [0.717, 1.165) is 6.54 Å². The van der Waals surface area contributed by atoms with Crippen LogP contribution in [0, 0.1) is 0 Å². The maximum Gasteiger partial charge on any atom is 0.242 e. The van der Waals surface area contributed by atoms with E-state index in [0.29, 0.717) is 18.8 Å². The van der Waals surface area contributed by atoms with Crippen molar-refractivity contribution in [3.05, 3.63) is 18.3 Å². The molecule has 2 N–H and O–H groups in total. The van der Waals surface area contributed by atoms with Crippen molar-refractivity contribution in [1.82, 2.24) is 9.71 Å². The van der Waals surface area contributed by atoms with E-state index in [4.69, 9.17) is 4.74 Å². The number of ether oxygens (including phenoxy) is 1. The molecule has 1 rings (SSSR count). The summed E-state index contributed by atoms with van der Waals surface area (Å²) in [6.07, 6.45) is 2.01. The van der Waals surface area contributed by atoms with E-state index < -0.39 is 10.0 Å². The van der Waals surface area contributed by atoms with Crippen LogP contribution in [0.3, 0.4) is 0 Å². The van der Waals surface area contributed by atoms with Gasteiger partial charge in [0, 0.05) is 25.9 Å². The molecule has 1 aromatic heterocycles. The standard InChI is InChI=1S/C12H21N3O3S/c1-4-10(9-18-3)15-19(16,17)11-6-7-12(13-5-2)14-8-11/h6-8,10,15H,4-5,9H2,1-3H3,(H,13,14). The summed E-state index contributed by atoms with van der Waals surface area (Å²) in [7, 11) is -2.00. The van der Waals surface area contributed by atoms with E-state index in [9.17, 15) is 8.42 Å². The molecule has 6 nitrogen and oxygen atoms in total. The minimum absolute atomic E-state index is 0.156. The molecule has 0 aliphatic heterocycles. The van der Waals surface area contributed by atoms with Gasteiger partial charge in [-0.25, -0.2) is 18.1 Å². The summed E-state index contributed by atoms with van der Waals surface area (Å²) in [6, 6.07) is 2.95. The number of hydrogen-bond acceptors (Lipinski definition) is 5. The Balaban J connectivity index is 2.81. The van der Waals surface area contributed by atoms with Gasteiger partial charge < -0.3 is 10.1 Å². The summed E-state index contributed by atoms with van der Waals surface area (Å²) in [5.74, 6) is 0.658. The molecular formula is C12H21N3O3S. The first kappa shape index (κ1) is 15.9. The topological polar surface area (TPSA) is 80.3 Å². The van der Waals surface area contributed by atoms with Crippen molar-refractivity contribution in [2.45, 2.75) is 31.2 Å². The molecule has 0 saturated carbocycles. The predicted octanol–water partition coefficient (Wildman–Crippen LogP) is 1.22. The Kier molecular flexibility index (Phi) is 6.20. The summed E-state index contributed by atoms with van der Waals surface area (Å²) < 4.78 is 31.8. The minimum Gasteiger partial charge on any atom is -0.383 e. The highest BCUT2D eigenvalue weighted by atomic mass is 32.2. The molecule has 19 heavy (non-hydrogen) atoms. The first-order valence-electron chi connectivity index (χ1n) is 6.24. The largest absolute Gasteiger partial charge is 0.383 e. The summed E-state index contributed by atoms with van der Waals surface area (Å²) in [6.45, 7) is 4.94. The molecule has 0 aliphatic rings. The Morgan fingerprint density at radius 2 is 2.11 bits per heavy atom. The van der Waals surface area contributed by atoms with Crippen molar-refractivity contribution in [3.63, 3.8) is 0 Å². The number of anilines is 1. The number of pyridine rings is 1. The molecule has 1 aromatic rings. The number of sulfonamides is 1. The molecule has 0 aliphatic carbocycles. The fourth-order valence-electron chi connectivity index (χ4n) is 1.55. The van der Waals surface area contributed by atoms with Crippen LogP contribution in [0.2, 0.25) is 0 Å². The van der Waals surface area contributed by atoms with Crippen LogP contribution in [0.15, 0.2) is 23.2 Å². The minimum atomic E-state index is -3.55. The molecule has 1 heterocycles. The average Bonchev–Trinajstić information content (AvgIpc) is 2.39. The van der Waals surface area contributed by atoms with Crippen molar-refractivity contribution in [1.29, 1.82) is 0 Å². The molecule has 1 unspecified atom stereocenters. The zero-order valence-electron chi connectivity index (χ0n) is 11.5. The molecule has 0 amide bonds. The zero-order valence-corrected chi connectivity index (χ0v) is 12.3. The van der Waals surface area contributed by atoms with Crippen LogP contribution < -0.4 is 10.0 Å². The van der Waals surface area contributed by atoms with Crippen LogP contribution >= 0.6 is 0 Å². The molecule has 0 saturated heterocycles. The fourth-order valence-corrected chi connectivity index (χ4v) is 2.80. The summed E-state index contributed by atoms with van der Waals surface area (Å²) in [4.78, 5) is 4.21. The van der Waals surface area contributed by atoms with E-state index in [1.807, 2.05) is 13.8 Å². The lowest BCUT2D eigenvalue weighted by atomic mass is 10.3. The Labute approximate surface area is 114 Å². The van der Waals surface area contributed by atoms with Gasteiger partial charge >= 0.3 is 0 Å². The van der Waals surface area contributed by atoms with Gasteiger partial charge in [-0.2, -0.15) is 0 Å². The first-order chi connectivity index (χ1) is 9.03. The van der Waals surface area contributed by atoms with Gasteiger partial charge in [0.05, 0.1) is 6.61 Å². The monoisotopic (exact) mass is 287 g/mol. The molecule has 0 fully saturated rings. The van der Waals surface area contributed by atoms with E-state index >= 15 is 0 Å². The second kappa shape index (κ2) is 7.42. The van der Waals surface area contributed by atoms with Gasteiger partial charge in [-0.15, -0.1) is 0 Å². The number of hydrogen-bond donors (Lipinski definition) is 2. The maximum atomic E-state index is 12.1. The molecule has 0 radical (unpaired) electrons. The smallest absolute Gasteiger partial charge is 0.242 e. The Bertz CT molecular complexity index is 473. The molecule has 0 bridgehead atoms. The Hall–Kier alpha value is -1.18. The zero-order chi connectivity index (χ0) is 14.3. The lowest BCUT2D eigenvalue weighted by Crippen LogP contribution is -2.37. The van der Waals surface area contributed by atoms with Gasteiger partial charge in [-0.1, -0.05) is 6.92 Å². The number of aromatic nitrogens is 1. The predicted molar refractivity (Wildman–Crippen MR) is 74.7 cm³/mol. The third-order valence-corrected chi connectivity index (χ3v) is 4.09. The molecule has 7 heteroatoms. The molecule has 0 spiro atoms. The van der Waals surface area contributed by atoms with E-state index in [2.05, 4.69) is 15.0 Å². The number of nitrogens with zero attached hydrogens (tertiary/aromatic N) is 1. The van der Waals surface area contributed by atoms with Crippen LogP contribution in [-0.4, -0.2) is 39.7 Å². The van der Waals surface area contributed by atoms with Crippen molar-refractivity contribution in [2.24, 2.45) is 0 Å². The lowest BCUT2D eigenvalue weighted by Gasteiger charge is -2.16. The fraction of sp³-hybridized carbons (Fsp3) is 0.583. The highest BCUT2D eigenvalue weighted by molar-refractivity contribution is 7.89. The first-order valence-corrected chi connectivity index (χ1v) is 7.73. The molecular weight excluding hydrogens is 266 g/mol. The molecule has 0 aromatic carbocycles. The van der Waals surface area contributed by atoms with Gasteiger partial charge in [-0.05, 0) is 25.5 Å². The van der Waals surface area contributed by atoms with E-state index in [1.54, 1.807) is 13.2 Å². The van der Waals surface area contributed by atoms with Crippen LogP contribution in [0.25, 0.3) is 0 Å². The number of rotatable bonds is 8. The van der Waals surface area contributed by atoms with Crippen molar-refractivity contribution in [3.8, 4) is 0 Å². The van der Waals surface area contributed by atoms with Crippen LogP contribution in [0.1, 0.15) is 20.3 Å². The molecule has 1 atom stereocenters. The van der Waals surface area contributed by atoms with Gasteiger partial charge in [0.2, 0.25) is 10.0 Å². The highest BCUT2D eigenvalue weighted by Crippen LogP contribution is 2.11. The van der Waals surface area contributed by atoms with E-state index in [1.165, 1.54) is 12.3 Å². The van der Waals surface area contributed by atoms with Gasteiger partial charge in [0.15, 0.2) is 0 Å². The lowest BCUT2D eigenvalue weighted by molar-refractivity contribution is 0.173. The molecule has 108 valence electrons. The normalized spacial score (nSPS) is 13.2. The van der Waals surface area contributed by atoms with Crippen LogP contribution in [0.5, 0.6) is 0 Å². The van der Waals surface area contributed by atoms with Crippen molar-refractivity contribution >= 4 is 15.8 Å². The van der Waals surface area contributed by atoms with Crippen molar-refractivity contribution in [2.75, 3.05) is 25.6 Å². The third kappa shape index (κ3) is 4.77. The maximum absolute atomic E-state index is 12.1. The summed E-state index contributed by atoms with van der Waals surface area (Å²) in [5, 5.41) is 3.01. The van der Waals surface area contributed by atoms with Crippen LogP contribution in [-0.2, 0) is 14.8 Å². The Morgan fingerprint density at radius 1 is 1.37 bits per heavy atom. The van der Waals surface area contributed by atoms with Crippen LogP contribution in [0.4, 0.5) is 5.82 Å². The van der Waals surface area contributed by atoms with E-state index in [-0.39, 0.29) is 10.9 Å². The van der Waals surface area contributed by atoms with Gasteiger partial charge in [-0.3, -0.25) is 0 Å². The SMILES string of the molecule is CCNc1ccc(S(=O)(=O)NC(CC)COC)cn1. The highest BCUT2D eigenvalue weighted by Gasteiger charge is 2.19. The van der Waals surface area contributed by atoms with Crippen molar-refractivity contribution < 1.29 is 13.2 Å². The number of nitrogens with one attached hydrogen (secondary N) is 2. The quantitative estimate of drug-likeness (QED) is 0.751. The second-order valence-electron chi connectivity index (χ2n) is 4.09. The third-order valence-electron chi connectivity index (χ3n) is 2.59. The average molecular weight is 287 g/mol. The Morgan fingerprint density at radius 3 is 2.58 bits per heavy atom. The second-order valence-corrected chi connectivity index (χ2v) is 5.81. The number of methoxy groups -OCH3 is 1. The van der Waals surface area contributed by atoms with Gasteiger partial charge in [0.1, 0.15) is 10.7 Å². The summed E-state index contributed by atoms with van der Waals surface area (Å²) in [5.41, 5.74) is 0.